The third-order valence-electron chi connectivity index (χ3n) is 2.25. The summed E-state index contributed by atoms with van der Waals surface area (Å²) in [7, 11) is 0. The Morgan fingerprint density at radius 1 is 1.58 bits per heavy atom. The molecule has 2 atom stereocenters. The number of H-pyrrole nitrogens is 1. The van der Waals surface area contributed by atoms with Crippen molar-refractivity contribution in [2.75, 3.05) is 0 Å². The van der Waals surface area contributed by atoms with Crippen molar-refractivity contribution in [1.82, 2.24) is 4.98 Å². The first-order chi connectivity index (χ1) is 5.75. The molecule has 0 aliphatic heterocycles. The normalized spacial score (nSPS) is 15.9. The maximum atomic E-state index is 9.79. The molecule has 0 amide bonds. The molecule has 2 N–H and O–H groups in total. The zero-order chi connectivity index (χ0) is 8.97. The van der Waals surface area contributed by atoms with E-state index in [0.29, 0.717) is 5.92 Å². The number of aliphatic hydroxyl groups is 1. The average molecular weight is 167 g/mol. The molecular weight excluding hydrogens is 150 g/mol. The largest absolute Gasteiger partial charge is 0.388 e. The maximum absolute atomic E-state index is 9.79. The van der Waals surface area contributed by atoms with E-state index in [1.165, 1.54) is 0 Å². The smallest absolute Gasteiger partial charge is 0.0830 e. The topological polar surface area (TPSA) is 36.0 Å². The molecule has 0 bridgehead atoms. The molecule has 0 aliphatic carbocycles. The van der Waals surface area contributed by atoms with Crippen molar-refractivity contribution < 1.29 is 5.11 Å². The fourth-order valence-electron chi connectivity index (χ4n) is 1.46. The molecule has 0 aromatic carbocycles. The Kier molecular flexibility index (Phi) is 3.35. The summed E-state index contributed by atoms with van der Waals surface area (Å²) in [6.45, 7) is 4.22. The fraction of sp³-hybridized carbons (Fsp3) is 0.600. The van der Waals surface area contributed by atoms with Crippen LogP contribution in [0.1, 0.15) is 38.4 Å². The molecule has 1 heterocycles. The summed E-state index contributed by atoms with van der Waals surface area (Å²) in [6.07, 6.45) is 5.60. The minimum Gasteiger partial charge on any atom is -0.388 e. The second-order valence-electron chi connectivity index (χ2n) is 3.36. The van der Waals surface area contributed by atoms with Crippen LogP contribution in [0.5, 0.6) is 0 Å². The highest BCUT2D eigenvalue weighted by Gasteiger charge is 2.15. The van der Waals surface area contributed by atoms with E-state index in [0.717, 1.165) is 18.4 Å². The Labute approximate surface area is 73.6 Å². The van der Waals surface area contributed by atoms with Gasteiger partial charge in [-0.1, -0.05) is 20.3 Å². The highest BCUT2D eigenvalue weighted by molar-refractivity contribution is 5.12. The minimum atomic E-state index is -0.309. The summed E-state index contributed by atoms with van der Waals surface area (Å²) in [6, 6.07) is 1.93. The van der Waals surface area contributed by atoms with Crippen LogP contribution in [-0.2, 0) is 0 Å². The maximum Gasteiger partial charge on any atom is 0.0830 e. The van der Waals surface area contributed by atoms with Crippen molar-refractivity contribution in [2.24, 2.45) is 5.92 Å². The van der Waals surface area contributed by atoms with Gasteiger partial charge in [0.25, 0.3) is 0 Å². The lowest BCUT2D eigenvalue weighted by Crippen LogP contribution is -2.07. The molecule has 1 aromatic heterocycles. The SMILES string of the molecule is CCCC(C)C(O)c1cc[nH]c1. The van der Waals surface area contributed by atoms with Crippen LogP contribution >= 0.6 is 0 Å². The van der Waals surface area contributed by atoms with E-state index < -0.39 is 0 Å². The number of aromatic nitrogens is 1. The van der Waals surface area contributed by atoms with Gasteiger partial charge in [-0.05, 0) is 24.0 Å². The van der Waals surface area contributed by atoms with Gasteiger partial charge in [0, 0.05) is 12.4 Å². The quantitative estimate of drug-likeness (QED) is 0.710. The van der Waals surface area contributed by atoms with Gasteiger partial charge in [0.2, 0.25) is 0 Å². The summed E-state index contributed by atoms with van der Waals surface area (Å²) in [5, 5.41) is 9.79. The van der Waals surface area contributed by atoms with E-state index in [1.54, 1.807) is 0 Å². The molecule has 2 nitrogen and oxygen atoms in total. The molecule has 2 heteroatoms. The monoisotopic (exact) mass is 167 g/mol. The fourth-order valence-corrected chi connectivity index (χ4v) is 1.46. The molecular formula is C10H17NO. The predicted octanol–water partition coefficient (Wildman–Crippen LogP) is 2.48. The Morgan fingerprint density at radius 3 is 2.83 bits per heavy atom. The second-order valence-corrected chi connectivity index (χ2v) is 3.36. The van der Waals surface area contributed by atoms with E-state index in [-0.39, 0.29) is 6.10 Å². The van der Waals surface area contributed by atoms with Crippen LogP contribution in [0.25, 0.3) is 0 Å². The first-order valence-corrected chi connectivity index (χ1v) is 4.56. The van der Waals surface area contributed by atoms with Crippen molar-refractivity contribution in [1.29, 1.82) is 0 Å². The summed E-state index contributed by atoms with van der Waals surface area (Å²) in [5.41, 5.74) is 0.996. The minimum absolute atomic E-state index is 0.309. The molecule has 0 saturated carbocycles. The Balaban J connectivity index is 2.53. The van der Waals surface area contributed by atoms with Crippen molar-refractivity contribution in [3.05, 3.63) is 24.0 Å². The van der Waals surface area contributed by atoms with Crippen molar-refractivity contribution in [3.63, 3.8) is 0 Å². The zero-order valence-electron chi connectivity index (χ0n) is 7.75. The van der Waals surface area contributed by atoms with E-state index in [9.17, 15) is 5.11 Å². The molecule has 0 saturated heterocycles. The molecule has 68 valence electrons. The summed E-state index contributed by atoms with van der Waals surface area (Å²) in [4.78, 5) is 2.95. The van der Waals surface area contributed by atoms with Crippen LogP contribution in [0.2, 0.25) is 0 Å². The van der Waals surface area contributed by atoms with E-state index >= 15 is 0 Å². The zero-order valence-corrected chi connectivity index (χ0v) is 7.75. The van der Waals surface area contributed by atoms with Crippen LogP contribution in [0.15, 0.2) is 18.5 Å². The lowest BCUT2D eigenvalue weighted by atomic mass is 9.95. The number of hydrogen-bond donors (Lipinski definition) is 2. The number of aliphatic hydroxyl groups excluding tert-OH is 1. The molecule has 0 spiro atoms. The van der Waals surface area contributed by atoms with Crippen LogP contribution in [0, 0.1) is 5.92 Å². The Bertz CT molecular complexity index is 206. The predicted molar refractivity (Wildman–Crippen MR) is 49.8 cm³/mol. The second kappa shape index (κ2) is 4.31. The molecule has 0 fully saturated rings. The standard InChI is InChI=1S/C10H17NO/c1-3-4-8(2)10(12)9-5-6-11-7-9/h5-8,10-12H,3-4H2,1-2H3. The molecule has 0 aliphatic rings. The Morgan fingerprint density at radius 2 is 2.33 bits per heavy atom. The van der Waals surface area contributed by atoms with E-state index in [4.69, 9.17) is 0 Å². The molecule has 2 unspecified atom stereocenters. The number of nitrogens with one attached hydrogen (secondary N) is 1. The number of rotatable bonds is 4. The molecule has 1 rings (SSSR count). The van der Waals surface area contributed by atoms with Crippen LogP contribution < -0.4 is 0 Å². The van der Waals surface area contributed by atoms with Crippen LogP contribution in [0.4, 0.5) is 0 Å². The summed E-state index contributed by atoms with van der Waals surface area (Å²) in [5.74, 6) is 0.353. The third-order valence-corrected chi connectivity index (χ3v) is 2.25. The van der Waals surface area contributed by atoms with Gasteiger partial charge in [-0.15, -0.1) is 0 Å². The van der Waals surface area contributed by atoms with Gasteiger partial charge in [0.15, 0.2) is 0 Å². The highest BCUT2D eigenvalue weighted by Crippen LogP contribution is 2.24. The molecule has 1 aromatic rings. The van der Waals surface area contributed by atoms with Crippen LogP contribution in [-0.4, -0.2) is 10.1 Å². The van der Waals surface area contributed by atoms with Gasteiger partial charge in [-0.2, -0.15) is 0 Å². The molecule has 0 radical (unpaired) electrons. The van der Waals surface area contributed by atoms with Gasteiger partial charge in [0.1, 0.15) is 0 Å². The van der Waals surface area contributed by atoms with E-state index in [1.807, 2.05) is 18.5 Å². The van der Waals surface area contributed by atoms with Gasteiger partial charge in [0.05, 0.1) is 6.10 Å². The van der Waals surface area contributed by atoms with Gasteiger partial charge >= 0.3 is 0 Å². The van der Waals surface area contributed by atoms with Gasteiger partial charge in [-0.3, -0.25) is 0 Å². The number of aromatic amines is 1. The highest BCUT2D eigenvalue weighted by atomic mass is 16.3. The van der Waals surface area contributed by atoms with Crippen molar-refractivity contribution >= 4 is 0 Å². The van der Waals surface area contributed by atoms with Gasteiger partial charge < -0.3 is 10.1 Å². The van der Waals surface area contributed by atoms with Gasteiger partial charge in [-0.25, -0.2) is 0 Å². The Hall–Kier alpha value is -0.760. The summed E-state index contributed by atoms with van der Waals surface area (Å²) >= 11 is 0. The summed E-state index contributed by atoms with van der Waals surface area (Å²) < 4.78 is 0. The van der Waals surface area contributed by atoms with Crippen molar-refractivity contribution in [3.8, 4) is 0 Å². The number of hydrogen-bond acceptors (Lipinski definition) is 1. The van der Waals surface area contributed by atoms with Crippen LogP contribution in [0.3, 0.4) is 0 Å². The third kappa shape index (κ3) is 2.11. The first kappa shape index (κ1) is 9.33. The van der Waals surface area contributed by atoms with E-state index in [2.05, 4.69) is 18.8 Å². The average Bonchev–Trinajstić information content (AvgIpc) is 2.55. The lowest BCUT2D eigenvalue weighted by molar-refractivity contribution is 0.112. The molecule has 12 heavy (non-hydrogen) atoms. The first-order valence-electron chi connectivity index (χ1n) is 4.56. The lowest BCUT2D eigenvalue weighted by Gasteiger charge is -2.16. The van der Waals surface area contributed by atoms with Crippen molar-refractivity contribution in [2.45, 2.75) is 32.8 Å².